The summed E-state index contributed by atoms with van der Waals surface area (Å²) in [5.41, 5.74) is 0. The first-order valence-corrected chi connectivity index (χ1v) is 4.45. The third kappa shape index (κ3) is 2.54. The molecule has 0 rings (SSSR count). The van der Waals surface area contributed by atoms with Gasteiger partial charge in [-0.3, -0.25) is 0 Å². The molecule has 5 nitrogen and oxygen atoms in total. The molecule has 0 atom stereocenters. The van der Waals surface area contributed by atoms with Gasteiger partial charge in [0, 0.05) is 0 Å². The summed E-state index contributed by atoms with van der Waals surface area (Å²) in [6.07, 6.45) is 0. The molecule has 7 heteroatoms. The molecule has 0 radical (unpaired) electrons. The van der Waals surface area contributed by atoms with Crippen molar-refractivity contribution in [2.75, 3.05) is 0 Å². The van der Waals surface area contributed by atoms with E-state index in [4.69, 9.17) is 0 Å². The Labute approximate surface area is 41.5 Å². The van der Waals surface area contributed by atoms with Gasteiger partial charge in [-0.05, 0) is 0 Å². The zero-order chi connectivity index (χ0) is 6.08. The van der Waals surface area contributed by atoms with Crippen LogP contribution in [0.1, 0.15) is 0 Å². The van der Waals surface area contributed by atoms with Crippen molar-refractivity contribution in [1.82, 2.24) is 0 Å². The monoisotopic (exact) mass is 145 g/mol. The smallest absolute Gasteiger partial charge is 0.216 e. The molecular weight excluding hydrogens is 142 g/mol. The quantitative estimate of drug-likeness (QED) is 0.323. The van der Waals surface area contributed by atoms with E-state index in [1.165, 1.54) is 0 Å². The molecule has 0 heterocycles. The summed E-state index contributed by atoms with van der Waals surface area (Å²) < 4.78 is 37.7. The molecule has 0 amide bonds. The fraction of sp³-hybridized carbons (Fsp3) is 0. The van der Waals surface area contributed by atoms with Crippen molar-refractivity contribution in [3.8, 4) is 0 Å². The Kier molecular flexibility index (Phi) is 1.73. The number of hydrogen-bond donors (Lipinski definition) is 2. The van der Waals surface area contributed by atoms with E-state index in [0.29, 0.717) is 0 Å². The van der Waals surface area contributed by atoms with Crippen molar-refractivity contribution in [3.63, 3.8) is 0 Å². The largest absolute Gasteiger partial charge is 0.312 e. The predicted molar refractivity (Wildman–Crippen MR) is 23.4 cm³/mol. The molecule has 0 aliphatic rings. The second-order valence-corrected chi connectivity index (χ2v) is 4.64. The van der Waals surface area contributed by atoms with Crippen LogP contribution in [0.4, 0.5) is 0 Å². The Morgan fingerprint density at radius 3 is 1.43 bits per heavy atom. The first-order chi connectivity index (χ1) is 2.94. The maximum absolute atomic E-state index is 9.51. The van der Waals surface area contributed by atoms with E-state index < -0.39 is 18.8 Å². The average Bonchev–Trinajstić information content (AvgIpc) is 1.31. The molecule has 44 valence electrons. The molecule has 0 aromatic heterocycles. The first-order valence-electron chi connectivity index (χ1n) is 1.12. The maximum Gasteiger partial charge on any atom is 0.312 e. The molecule has 0 bridgehead atoms. The molecule has 0 aromatic carbocycles. The summed E-state index contributed by atoms with van der Waals surface area (Å²) in [5.74, 6) is 0. The van der Waals surface area contributed by atoms with E-state index in [9.17, 15) is 16.8 Å². The SMILES string of the molecule is NS(=O)(=O)[SH](=O)=O. The number of rotatable bonds is 1. The standard InChI is InChI=1S/H3NO4S2/c1-7(4,5)6(2)3/h6H,(H2,1,4,5). The van der Waals surface area contributed by atoms with Crippen LogP contribution in [0.25, 0.3) is 0 Å². The molecule has 0 aromatic rings. The zero-order valence-corrected chi connectivity index (χ0v) is 4.78. The highest BCUT2D eigenvalue weighted by Crippen LogP contribution is 1.69. The summed E-state index contributed by atoms with van der Waals surface area (Å²) in [5, 5.41) is 4.05. The van der Waals surface area contributed by atoms with Gasteiger partial charge in [0.2, 0.25) is 0 Å². The van der Waals surface area contributed by atoms with Crippen LogP contribution in [-0.4, -0.2) is 16.8 Å². The Bertz CT molecular complexity index is 198. The van der Waals surface area contributed by atoms with Gasteiger partial charge >= 0.3 is 9.06 Å². The molecule has 0 saturated carbocycles. The minimum atomic E-state index is -4.29. The summed E-state index contributed by atoms with van der Waals surface area (Å²) in [7, 11) is -7.78. The topological polar surface area (TPSA) is 94.3 Å². The van der Waals surface area contributed by atoms with Crippen molar-refractivity contribution >= 4 is 18.8 Å². The van der Waals surface area contributed by atoms with E-state index in [1.54, 1.807) is 0 Å². The lowest BCUT2D eigenvalue weighted by molar-refractivity contribution is 0.593. The molecule has 0 fully saturated rings. The number of thiol groups is 1. The molecule has 2 N–H and O–H groups in total. The highest BCUT2D eigenvalue weighted by Gasteiger charge is 2.00. The first kappa shape index (κ1) is 6.86. The minimum absolute atomic E-state index is 3.49. The van der Waals surface area contributed by atoms with E-state index >= 15 is 0 Å². The van der Waals surface area contributed by atoms with E-state index in [1.807, 2.05) is 0 Å². The normalized spacial score (nSPS) is 12.3. The van der Waals surface area contributed by atoms with Gasteiger partial charge in [-0.1, -0.05) is 0 Å². The Hall–Kier alpha value is -0.140. The van der Waals surface area contributed by atoms with Gasteiger partial charge < -0.3 is 0 Å². The third-order valence-electron chi connectivity index (χ3n) is 0.208. The average molecular weight is 145 g/mol. The van der Waals surface area contributed by atoms with Crippen LogP contribution in [0.3, 0.4) is 0 Å². The fourth-order valence-corrected chi connectivity index (χ4v) is 0. The Morgan fingerprint density at radius 2 is 1.43 bits per heavy atom. The highest BCUT2D eigenvalue weighted by molar-refractivity contribution is 8.58. The van der Waals surface area contributed by atoms with Crippen LogP contribution in [-0.2, 0) is 18.8 Å². The number of nitrogens with two attached hydrogens (primary N) is 1. The highest BCUT2D eigenvalue weighted by atomic mass is 33.2. The van der Waals surface area contributed by atoms with Crippen molar-refractivity contribution in [1.29, 1.82) is 0 Å². The lowest BCUT2D eigenvalue weighted by Gasteiger charge is -1.74. The van der Waals surface area contributed by atoms with Crippen LogP contribution in [0.5, 0.6) is 0 Å². The van der Waals surface area contributed by atoms with Crippen molar-refractivity contribution in [3.05, 3.63) is 0 Å². The van der Waals surface area contributed by atoms with Crippen LogP contribution < -0.4 is 5.14 Å². The second kappa shape index (κ2) is 1.76. The van der Waals surface area contributed by atoms with Gasteiger partial charge in [-0.25, -0.2) is 13.6 Å². The summed E-state index contributed by atoms with van der Waals surface area (Å²) >= 11 is 0. The molecular formula is H3NO4S2. The zero-order valence-electron chi connectivity index (χ0n) is 3.07. The minimum Gasteiger partial charge on any atom is -0.216 e. The third-order valence-corrected chi connectivity index (χ3v) is 1.87. The molecule has 0 aliphatic heterocycles. The summed E-state index contributed by atoms with van der Waals surface area (Å²) in [6, 6.07) is 0. The van der Waals surface area contributed by atoms with Gasteiger partial charge in [0.15, 0.2) is 0 Å². The summed E-state index contributed by atoms with van der Waals surface area (Å²) in [6.45, 7) is 0. The molecule has 0 spiro atoms. The molecule has 0 saturated heterocycles. The van der Waals surface area contributed by atoms with Crippen LogP contribution in [0, 0.1) is 0 Å². The van der Waals surface area contributed by atoms with E-state index in [2.05, 4.69) is 5.14 Å². The fourth-order valence-electron chi connectivity index (χ4n) is 0. The van der Waals surface area contributed by atoms with Crippen LogP contribution in [0.2, 0.25) is 0 Å². The van der Waals surface area contributed by atoms with Crippen molar-refractivity contribution in [2.45, 2.75) is 0 Å². The molecule has 0 aliphatic carbocycles. The van der Waals surface area contributed by atoms with Crippen molar-refractivity contribution in [2.24, 2.45) is 5.14 Å². The van der Waals surface area contributed by atoms with E-state index in [-0.39, 0.29) is 0 Å². The lowest BCUT2D eigenvalue weighted by Crippen LogP contribution is -2.12. The summed E-state index contributed by atoms with van der Waals surface area (Å²) in [4.78, 5) is 0. The van der Waals surface area contributed by atoms with Gasteiger partial charge in [-0.2, -0.15) is 8.42 Å². The second-order valence-electron chi connectivity index (χ2n) is 0.739. The van der Waals surface area contributed by atoms with Gasteiger partial charge in [0.25, 0.3) is 9.74 Å². The van der Waals surface area contributed by atoms with Crippen LogP contribution in [0.15, 0.2) is 0 Å². The Morgan fingerprint density at radius 1 is 1.29 bits per heavy atom. The number of hydrogen-bond acceptors (Lipinski definition) is 4. The molecule has 0 unspecified atom stereocenters. The van der Waals surface area contributed by atoms with Gasteiger partial charge in [0.05, 0.1) is 0 Å². The maximum atomic E-state index is 9.51. The van der Waals surface area contributed by atoms with Crippen LogP contribution >= 0.6 is 0 Å². The predicted octanol–water partition coefficient (Wildman–Crippen LogP) is -2.20. The van der Waals surface area contributed by atoms with Gasteiger partial charge in [-0.15, -0.1) is 0 Å². The van der Waals surface area contributed by atoms with Crippen molar-refractivity contribution < 1.29 is 16.8 Å². The van der Waals surface area contributed by atoms with E-state index in [0.717, 1.165) is 0 Å². The lowest BCUT2D eigenvalue weighted by atomic mass is 14.0. The van der Waals surface area contributed by atoms with Gasteiger partial charge in [0.1, 0.15) is 0 Å². The Balaban J connectivity index is 4.82. The molecule has 7 heavy (non-hydrogen) atoms.